The first-order valence-electron chi connectivity index (χ1n) is 6.15. The zero-order valence-corrected chi connectivity index (χ0v) is 11.4. The fourth-order valence-electron chi connectivity index (χ4n) is 1.64. The van der Waals surface area contributed by atoms with Crippen LogP contribution in [0.5, 0.6) is 0 Å². The Morgan fingerprint density at radius 2 is 2.35 bits per heavy atom. The van der Waals surface area contributed by atoms with E-state index >= 15 is 0 Å². The van der Waals surface area contributed by atoms with Gasteiger partial charge in [-0.25, -0.2) is 9.07 Å². The maximum atomic E-state index is 13.4. The van der Waals surface area contributed by atoms with Gasteiger partial charge in [0.25, 0.3) is 5.56 Å². The van der Waals surface area contributed by atoms with Crippen molar-refractivity contribution in [2.24, 2.45) is 0 Å². The molecule has 0 saturated carbocycles. The number of rotatable bonds is 5. The number of halogens is 1. The van der Waals surface area contributed by atoms with Crippen molar-refractivity contribution in [3.63, 3.8) is 0 Å². The van der Waals surface area contributed by atoms with Crippen molar-refractivity contribution in [3.8, 4) is 0 Å². The van der Waals surface area contributed by atoms with E-state index in [-0.39, 0.29) is 23.9 Å². The highest BCUT2D eigenvalue weighted by Crippen LogP contribution is 2.10. The molecule has 2 N–H and O–H groups in total. The monoisotopic (exact) mass is 277 g/mol. The summed E-state index contributed by atoms with van der Waals surface area (Å²) in [5, 5.41) is 7.20. The molecule has 0 aliphatic rings. The molecule has 0 radical (unpaired) electrons. The minimum absolute atomic E-state index is 0.0215. The molecule has 2 heterocycles. The van der Waals surface area contributed by atoms with Crippen LogP contribution in [-0.4, -0.2) is 26.3 Å². The number of nitrogens with zero attached hydrogens (tertiary/aromatic N) is 3. The quantitative estimate of drug-likeness (QED) is 0.819. The lowest BCUT2D eigenvalue weighted by Gasteiger charge is -2.05. The Labute approximate surface area is 115 Å². The lowest BCUT2D eigenvalue weighted by Crippen LogP contribution is -2.15. The van der Waals surface area contributed by atoms with Crippen molar-refractivity contribution in [2.75, 3.05) is 11.9 Å². The van der Waals surface area contributed by atoms with Crippen LogP contribution in [0.3, 0.4) is 0 Å². The first-order chi connectivity index (χ1) is 9.52. The summed E-state index contributed by atoms with van der Waals surface area (Å²) in [4.78, 5) is 18.7. The maximum Gasteiger partial charge on any atom is 0.263 e. The van der Waals surface area contributed by atoms with E-state index in [1.807, 2.05) is 0 Å². The summed E-state index contributed by atoms with van der Waals surface area (Å²) >= 11 is 0. The topological polar surface area (TPSA) is 75.6 Å². The first-order valence-corrected chi connectivity index (χ1v) is 6.15. The van der Waals surface area contributed by atoms with E-state index in [4.69, 9.17) is 0 Å². The van der Waals surface area contributed by atoms with Crippen LogP contribution in [0.4, 0.5) is 10.3 Å². The molecule has 0 bridgehead atoms. The Balaban J connectivity index is 2.35. The third kappa shape index (κ3) is 2.76. The number of nitrogens with one attached hydrogen (secondary N) is 2. The van der Waals surface area contributed by atoms with Crippen molar-refractivity contribution < 1.29 is 4.39 Å². The Morgan fingerprint density at radius 3 is 3.00 bits per heavy atom. The number of hydrogen-bond donors (Lipinski definition) is 2. The molecule has 106 valence electrons. The summed E-state index contributed by atoms with van der Waals surface area (Å²) in [7, 11) is 0. The normalized spacial score (nSPS) is 10.6. The van der Waals surface area contributed by atoms with Gasteiger partial charge < -0.3 is 5.32 Å². The molecular formula is C13H16FN5O. The van der Waals surface area contributed by atoms with Crippen LogP contribution in [0.1, 0.15) is 13.8 Å². The largest absolute Gasteiger partial charge is 0.349 e. The van der Waals surface area contributed by atoms with Crippen LogP contribution in [0.15, 0.2) is 35.0 Å². The molecule has 6 nitrogen and oxygen atoms in total. The second-order valence-electron chi connectivity index (χ2n) is 4.53. The molecule has 0 aliphatic heterocycles. The summed E-state index contributed by atoms with van der Waals surface area (Å²) in [6.45, 7) is 7.40. The molecule has 0 fully saturated rings. The van der Waals surface area contributed by atoms with Crippen LogP contribution < -0.4 is 10.9 Å². The number of anilines is 1. The molecule has 20 heavy (non-hydrogen) atoms. The Hall–Kier alpha value is -2.44. The van der Waals surface area contributed by atoms with E-state index in [1.165, 1.54) is 6.20 Å². The summed E-state index contributed by atoms with van der Waals surface area (Å²) in [6.07, 6.45) is 3.11. The van der Waals surface area contributed by atoms with E-state index in [9.17, 15) is 9.18 Å². The van der Waals surface area contributed by atoms with E-state index in [0.717, 1.165) is 0 Å². The van der Waals surface area contributed by atoms with Gasteiger partial charge in [0, 0.05) is 0 Å². The SMILES string of the molecule is C=CCn1ncc2c(=O)[nH]c(NCC(F)=C(C)C)nc21. The van der Waals surface area contributed by atoms with Crippen LogP contribution >= 0.6 is 0 Å². The predicted molar refractivity (Wildman–Crippen MR) is 76.3 cm³/mol. The van der Waals surface area contributed by atoms with Crippen LogP contribution in [0.2, 0.25) is 0 Å². The van der Waals surface area contributed by atoms with Crippen molar-refractivity contribution in [1.82, 2.24) is 19.7 Å². The van der Waals surface area contributed by atoms with Gasteiger partial charge in [0.15, 0.2) is 5.65 Å². The van der Waals surface area contributed by atoms with E-state index in [1.54, 1.807) is 24.6 Å². The molecule has 0 atom stereocenters. The number of hydrogen-bond acceptors (Lipinski definition) is 4. The highest BCUT2D eigenvalue weighted by atomic mass is 19.1. The van der Waals surface area contributed by atoms with Gasteiger partial charge in [-0.15, -0.1) is 6.58 Å². The molecule has 0 aromatic carbocycles. The second kappa shape index (κ2) is 5.68. The van der Waals surface area contributed by atoms with Crippen LogP contribution in [0, 0.1) is 0 Å². The minimum Gasteiger partial charge on any atom is -0.349 e. The number of aromatic nitrogens is 4. The fourth-order valence-corrected chi connectivity index (χ4v) is 1.64. The highest BCUT2D eigenvalue weighted by molar-refractivity contribution is 5.74. The summed E-state index contributed by atoms with van der Waals surface area (Å²) in [5.41, 5.74) is 0.705. The first kappa shape index (κ1) is 14.0. The number of fused-ring (bicyclic) bond motifs is 1. The third-order valence-corrected chi connectivity index (χ3v) is 2.76. The minimum atomic E-state index is -0.314. The van der Waals surface area contributed by atoms with Crippen molar-refractivity contribution >= 4 is 17.0 Å². The van der Waals surface area contributed by atoms with E-state index in [0.29, 0.717) is 23.2 Å². The predicted octanol–water partition coefficient (Wildman–Crippen LogP) is 1.98. The van der Waals surface area contributed by atoms with Gasteiger partial charge in [0.05, 0.1) is 19.3 Å². The van der Waals surface area contributed by atoms with Gasteiger partial charge in [-0.1, -0.05) is 6.08 Å². The fraction of sp³-hybridized carbons (Fsp3) is 0.308. The molecule has 0 spiro atoms. The van der Waals surface area contributed by atoms with Crippen LogP contribution in [-0.2, 0) is 6.54 Å². The molecule has 7 heteroatoms. The smallest absolute Gasteiger partial charge is 0.263 e. The molecule has 0 saturated heterocycles. The Morgan fingerprint density at radius 1 is 1.60 bits per heavy atom. The second-order valence-corrected chi connectivity index (χ2v) is 4.53. The van der Waals surface area contributed by atoms with Gasteiger partial charge in [-0.3, -0.25) is 9.78 Å². The van der Waals surface area contributed by atoms with Crippen molar-refractivity contribution in [1.29, 1.82) is 0 Å². The summed E-state index contributed by atoms with van der Waals surface area (Å²) in [6, 6.07) is 0. The maximum absolute atomic E-state index is 13.4. The summed E-state index contributed by atoms with van der Waals surface area (Å²) in [5.74, 6) is -0.0722. The summed E-state index contributed by atoms with van der Waals surface area (Å²) < 4.78 is 15.0. The highest BCUT2D eigenvalue weighted by Gasteiger charge is 2.09. The Kier molecular flexibility index (Phi) is 3.97. The van der Waals surface area contributed by atoms with Gasteiger partial charge in [0.2, 0.25) is 5.95 Å². The van der Waals surface area contributed by atoms with Gasteiger partial charge >= 0.3 is 0 Å². The zero-order chi connectivity index (χ0) is 14.7. The van der Waals surface area contributed by atoms with Crippen molar-refractivity contribution in [2.45, 2.75) is 20.4 Å². The standard InChI is InChI=1S/C13H16FN5O/c1-4-5-19-11-9(6-16-19)12(20)18-13(17-11)15-7-10(14)8(2)3/h4,6H,1,5,7H2,2-3H3,(H2,15,17,18,20). The zero-order valence-electron chi connectivity index (χ0n) is 11.4. The number of allylic oxidation sites excluding steroid dienone is 2. The molecular weight excluding hydrogens is 261 g/mol. The average Bonchev–Trinajstić information content (AvgIpc) is 2.80. The Bertz CT molecular complexity index is 724. The molecule has 2 rings (SSSR count). The average molecular weight is 277 g/mol. The van der Waals surface area contributed by atoms with Gasteiger partial charge in [0.1, 0.15) is 11.2 Å². The molecule has 2 aromatic rings. The van der Waals surface area contributed by atoms with Crippen LogP contribution in [0.25, 0.3) is 11.0 Å². The number of aromatic amines is 1. The molecule has 0 aliphatic carbocycles. The van der Waals surface area contributed by atoms with E-state index in [2.05, 4.69) is 27.0 Å². The molecule has 2 aromatic heterocycles. The lowest BCUT2D eigenvalue weighted by molar-refractivity contribution is 0.613. The van der Waals surface area contributed by atoms with Gasteiger partial charge in [-0.2, -0.15) is 10.1 Å². The third-order valence-electron chi connectivity index (χ3n) is 2.76. The molecule has 0 unspecified atom stereocenters. The van der Waals surface area contributed by atoms with Gasteiger partial charge in [-0.05, 0) is 19.4 Å². The molecule has 0 amide bonds. The van der Waals surface area contributed by atoms with Crippen molar-refractivity contribution in [3.05, 3.63) is 40.6 Å². The van der Waals surface area contributed by atoms with E-state index < -0.39 is 0 Å². The number of H-pyrrole nitrogens is 1. The lowest BCUT2D eigenvalue weighted by atomic mass is 10.3.